The average Bonchev–Trinajstić information content (AvgIpc) is 2.27. The van der Waals surface area contributed by atoms with E-state index in [0.717, 1.165) is 0 Å². The number of aliphatic carboxylic acids is 1. The molecule has 2 atom stereocenters. The van der Waals surface area contributed by atoms with E-state index in [-0.39, 0.29) is 24.7 Å². The van der Waals surface area contributed by atoms with E-state index in [1.165, 1.54) is 0 Å². The summed E-state index contributed by atoms with van der Waals surface area (Å²) in [5, 5.41) is 8.62. The Bertz CT molecular complexity index is 240. The van der Waals surface area contributed by atoms with Crippen molar-refractivity contribution < 1.29 is 19.4 Å². The second kappa shape index (κ2) is 3.81. The van der Waals surface area contributed by atoms with Crippen LogP contribution in [0.5, 0.6) is 0 Å². The smallest absolute Gasteiger partial charge is 0.306 e. The minimum absolute atomic E-state index is 0.00520. The first kappa shape index (κ1) is 10.7. The average molecular weight is 298 g/mol. The fraction of sp³-hybridized carbons (Fsp3) is 0.750. The Balaban J connectivity index is 2.71. The molecule has 74 valence electrons. The number of carbonyl (C=O) groups is 2. The van der Waals surface area contributed by atoms with Gasteiger partial charge in [-0.2, -0.15) is 0 Å². The number of ether oxygens (including phenoxy) is 1. The fourth-order valence-corrected chi connectivity index (χ4v) is 2.22. The maximum atomic E-state index is 11.0. The molecule has 4 nitrogen and oxygen atoms in total. The van der Waals surface area contributed by atoms with Crippen molar-refractivity contribution in [3.8, 4) is 0 Å². The second-order valence-corrected chi connectivity index (χ2v) is 4.18. The van der Waals surface area contributed by atoms with Crippen LogP contribution in [0.3, 0.4) is 0 Å². The molecular weight excluding hydrogens is 287 g/mol. The van der Waals surface area contributed by atoms with Crippen molar-refractivity contribution in [2.75, 3.05) is 4.43 Å². The first-order chi connectivity index (χ1) is 5.98. The monoisotopic (exact) mass is 298 g/mol. The van der Waals surface area contributed by atoms with Crippen LogP contribution in [0.4, 0.5) is 0 Å². The Hall–Kier alpha value is -0.330. The van der Waals surface area contributed by atoms with E-state index in [4.69, 9.17) is 9.84 Å². The van der Waals surface area contributed by atoms with Crippen LogP contribution >= 0.6 is 22.6 Å². The molecule has 1 heterocycles. The number of hydrogen-bond acceptors (Lipinski definition) is 3. The minimum atomic E-state index is -0.876. The Morgan fingerprint density at radius 2 is 2.46 bits per heavy atom. The van der Waals surface area contributed by atoms with Gasteiger partial charge in [0.1, 0.15) is 5.60 Å². The predicted molar refractivity (Wildman–Crippen MR) is 53.7 cm³/mol. The van der Waals surface area contributed by atoms with Gasteiger partial charge in [-0.25, -0.2) is 0 Å². The number of halogens is 1. The lowest BCUT2D eigenvalue weighted by molar-refractivity contribution is -0.147. The van der Waals surface area contributed by atoms with Crippen LogP contribution in [0.15, 0.2) is 0 Å². The molecule has 1 unspecified atom stereocenters. The lowest BCUT2D eigenvalue weighted by Crippen LogP contribution is -2.34. The Morgan fingerprint density at radius 3 is 2.92 bits per heavy atom. The molecule has 0 aromatic rings. The highest BCUT2D eigenvalue weighted by Gasteiger charge is 2.45. The van der Waals surface area contributed by atoms with Crippen molar-refractivity contribution in [3.05, 3.63) is 0 Å². The molecule has 0 spiro atoms. The van der Waals surface area contributed by atoms with Crippen molar-refractivity contribution in [3.63, 3.8) is 0 Å². The number of cyclic esters (lactones) is 1. The zero-order valence-electron chi connectivity index (χ0n) is 7.25. The summed E-state index contributed by atoms with van der Waals surface area (Å²) in [4.78, 5) is 21.5. The van der Waals surface area contributed by atoms with Crippen molar-refractivity contribution in [1.82, 2.24) is 0 Å². The Kier molecular flexibility index (Phi) is 3.15. The van der Waals surface area contributed by atoms with Gasteiger partial charge in [0.2, 0.25) is 0 Å². The maximum absolute atomic E-state index is 11.0. The summed E-state index contributed by atoms with van der Waals surface area (Å²) in [6.07, 6.45) is 0.233. The third kappa shape index (κ3) is 2.32. The highest BCUT2D eigenvalue weighted by molar-refractivity contribution is 14.1. The van der Waals surface area contributed by atoms with Crippen LogP contribution in [-0.4, -0.2) is 27.1 Å². The van der Waals surface area contributed by atoms with Crippen LogP contribution in [0, 0.1) is 5.92 Å². The minimum Gasteiger partial charge on any atom is -0.481 e. The first-order valence-electron chi connectivity index (χ1n) is 3.97. The van der Waals surface area contributed by atoms with Gasteiger partial charge in [0.05, 0.1) is 12.8 Å². The van der Waals surface area contributed by atoms with E-state index >= 15 is 0 Å². The molecule has 0 aromatic carbocycles. The predicted octanol–water partition coefficient (Wildman–Crippen LogP) is 1.22. The molecule has 1 rings (SSSR count). The van der Waals surface area contributed by atoms with E-state index in [9.17, 15) is 9.59 Å². The molecule has 1 saturated heterocycles. The molecule has 0 saturated carbocycles. The van der Waals surface area contributed by atoms with E-state index in [1.807, 2.05) is 0 Å². The van der Waals surface area contributed by atoms with Gasteiger partial charge in [0, 0.05) is 10.3 Å². The molecule has 1 fully saturated rings. The number of alkyl halides is 1. The Labute approximate surface area is 89.8 Å². The number of esters is 1. The molecule has 0 aliphatic carbocycles. The van der Waals surface area contributed by atoms with E-state index < -0.39 is 11.6 Å². The number of carboxylic acid groups (broad SMARTS) is 1. The van der Waals surface area contributed by atoms with Gasteiger partial charge in [-0.05, 0) is 6.92 Å². The first-order valence-corrected chi connectivity index (χ1v) is 5.50. The van der Waals surface area contributed by atoms with E-state index in [2.05, 4.69) is 22.6 Å². The number of carbonyl (C=O) groups excluding carboxylic acids is 1. The lowest BCUT2D eigenvalue weighted by atomic mass is 9.88. The molecule has 0 aromatic heterocycles. The van der Waals surface area contributed by atoms with Gasteiger partial charge in [-0.1, -0.05) is 22.6 Å². The molecule has 0 radical (unpaired) electrons. The van der Waals surface area contributed by atoms with Crippen molar-refractivity contribution in [2.24, 2.45) is 5.92 Å². The summed E-state index contributed by atoms with van der Waals surface area (Å²) in [5.41, 5.74) is -0.587. The van der Waals surface area contributed by atoms with Crippen molar-refractivity contribution >= 4 is 34.5 Å². The summed E-state index contributed by atoms with van der Waals surface area (Å²) < 4.78 is 5.74. The molecule has 1 N–H and O–H groups in total. The van der Waals surface area contributed by atoms with Crippen molar-refractivity contribution in [1.29, 1.82) is 0 Å². The standard InChI is InChI=1S/C8H11IO4/c1-8(4-9)5(2-6(10)11)3-7(12)13-8/h5H,2-4H2,1H3,(H,10,11)/t5-,8?/m0/s1. The van der Waals surface area contributed by atoms with Gasteiger partial charge in [-0.15, -0.1) is 0 Å². The number of hydrogen-bond donors (Lipinski definition) is 1. The van der Waals surface area contributed by atoms with Gasteiger partial charge >= 0.3 is 11.9 Å². The number of carboxylic acids is 1. The SMILES string of the molecule is CC1(CI)OC(=O)C[C@@H]1CC(=O)O. The zero-order valence-corrected chi connectivity index (χ0v) is 9.41. The fourth-order valence-electron chi connectivity index (χ4n) is 1.44. The second-order valence-electron chi connectivity index (χ2n) is 3.42. The summed E-state index contributed by atoms with van der Waals surface area (Å²) in [6.45, 7) is 1.79. The van der Waals surface area contributed by atoms with Crippen LogP contribution in [-0.2, 0) is 14.3 Å². The molecule has 0 bridgehead atoms. The molecule has 1 aliphatic rings. The summed E-state index contributed by atoms with van der Waals surface area (Å²) >= 11 is 2.11. The van der Waals surface area contributed by atoms with Crippen molar-refractivity contribution in [2.45, 2.75) is 25.4 Å². The van der Waals surface area contributed by atoms with Gasteiger partial charge in [0.15, 0.2) is 0 Å². The zero-order chi connectivity index (χ0) is 10.1. The van der Waals surface area contributed by atoms with Crippen LogP contribution < -0.4 is 0 Å². The number of rotatable bonds is 3. The molecule has 0 amide bonds. The summed E-state index contributed by atoms with van der Waals surface area (Å²) in [5.74, 6) is -1.35. The summed E-state index contributed by atoms with van der Waals surface area (Å²) in [6, 6.07) is 0. The quantitative estimate of drug-likeness (QED) is 0.483. The van der Waals surface area contributed by atoms with Gasteiger partial charge < -0.3 is 9.84 Å². The van der Waals surface area contributed by atoms with Gasteiger partial charge in [0.25, 0.3) is 0 Å². The third-order valence-corrected chi connectivity index (χ3v) is 3.82. The summed E-state index contributed by atoms with van der Waals surface area (Å²) in [7, 11) is 0. The normalized spacial score (nSPS) is 33.1. The topological polar surface area (TPSA) is 63.6 Å². The van der Waals surface area contributed by atoms with Crippen LogP contribution in [0.2, 0.25) is 0 Å². The van der Waals surface area contributed by atoms with Gasteiger partial charge in [-0.3, -0.25) is 9.59 Å². The molecule has 13 heavy (non-hydrogen) atoms. The molecule has 5 heteroatoms. The lowest BCUT2D eigenvalue weighted by Gasteiger charge is -2.25. The molecular formula is C8H11IO4. The highest BCUT2D eigenvalue weighted by Crippen LogP contribution is 2.36. The van der Waals surface area contributed by atoms with E-state index in [1.54, 1.807) is 6.92 Å². The molecule has 1 aliphatic heterocycles. The maximum Gasteiger partial charge on any atom is 0.306 e. The third-order valence-electron chi connectivity index (χ3n) is 2.31. The van der Waals surface area contributed by atoms with Crippen LogP contribution in [0.1, 0.15) is 19.8 Å². The highest BCUT2D eigenvalue weighted by atomic mass is 127. The van der Waals surface area contributed by atoms with Crippen LogP contribution in [0.25, 0.3) is 0 Å². The largest absolute Gasteiger partial charge is 0.481 e. The Morgan fingerprint density at radius 1 is 1.85 bits per heavy atom. The van der Waals surface area contributed by atoms with E-state index in [0.29, 0.717) is 4.43 Å².